The lowest BCUT2D eigenvalue weighted by Gasteiger charge is -2.13. The highest BCUT2D eigenvalue weighted by atomic mass is 19.1. The molecule has 9 nitrogen and oxygen atoms in total. The van der Waals surface area contributed by atoms with E-state index in [1.807, 2.05) is 41.8 Å². The quantitative estimate of drug-likeness (QED) is 0.384. The van der Waals surface area contributed by atoms with Crippen LogP contribution < -0.4 is 11.1 Å². The fourth-order valence-corrected chi connectivity index (χ4v) is 3.52. The number of pyridine rings is 2. The Hall–Kier alpha value is -4.60. The molecular weight excluding hydrogens is 423 g/mol. The minimum Gasteiger partial charge on any atom is -0.382 e. The van der Waals surface area contributed by atoms with Crippen LogP contribution in [0.25, 0.3) is 28.3 Å². The number of nitrogens with zero attached hydrogens (tertiary/aromatic N) is 5. The molecule has 5 aromatic rings. The average molecular weight is 442 g/mol. The van der Waals surface area contributed by atoms with Gasteiger partial charge in [-0.1, -0.05) is 0 Å². The Balaban J connectivity index is 1.57. The number of amides is 1. The fraction of sp³-hybridized carbons (Fsp3) is 0.0870. The van der Waals surface area contributed by atoms with E-state index in [0.29, 0.717) is 17.1 Å². The van der Waals surface area contributed by atoms with Crippen molar-refractivity contribution in [3.8, 4) is 22.6 Å². The number of H-pyrrole nitrogens is 1. The Bertz CT molecular complexity index is 1480. The number of aromatic amines is 1. The van der Waals surface area contributed by atoms with E-state index in [1.165, 1.54) is 18.3 Å². The van der Waals surface area contributed by atoms with E-state index in [9.17, 15) is 9.18 Å². The zero-order valence-electron chi connectivity index (χ0n) is 17.6. The van der Waals surface area contributed by atoms with Crippen molar-refractivity contribution in [2.75, 3.05) is 5.73 Å². The van der Waals surface area contributed by atoms with Crippen molar-refractivity contribution in [3.05, 3.63) is 84.1 Å². The first-order chi connectivity index (χ1) is 16.0. The van der Waals surface area contributed by atoms with E-state index in [0.717, 1.165) is 16.9 Å². The molecule has 0 unspecified atom stereocenters. The minimum absolute atomic E-state index is 0.0396. The molecule has 1 amide bonds. The highest BCUT2D eigenvalue weighted by Gasteiger charge is 2.21. The number of rotatable bonds is 5. The van der Waals surface area contributed by atoms with Crippen LogP contribution in [-0.4, -0.2) is 35.2 Å². The van der Waals surface area contributed by atoms with Gasteiger partial charge in [0.1, 0.15) is 22.9 Å². The number of nitrogens with two attached hydrogens (primary N) is 1. The van der Waals surface area contributed by atoms with Gasteiger partial charge in [-0.3, -0.25) is 9.78 Å². The van der Waals surface area contributed by atoms with E-state index in [2.05, 4.69) is 30.2 Å². The highest BCUT2D eigenvalue weighted by Crippen LogP contribution is 2.30. The van der Waals surface area contributed by atoms with Gasteiger partial charge < -0.3 is 20.4 Å². The monoisotopic (exact) mass is 442 g/mol. The molecule has 4 N–H and O–H groups in total. The molecule has 0 atom stereocenters. The molecule has 33 heavy (non-hydrogen) atoms. The predicted octanol–water partition coefficient (Wildman–Crippen LogP) is 3.14. The van der Waals surface area contributed by atoms with Crippen molar-refractivity contribution in [2.45, 2.75) is 13.5 Å². The molecule has 0 aliphatic rings. The Morgan fingerprint density at radius 3 is 2.82 bits per heavy atom. The molecule has 0 radical (unpaired) electrons. The second-order valence-electron chi connectivity index (χ2n) is 7.40. The summed E-state index contributed by atoms with van der Waals surface area (Å²) < 4.78 is 15.8. The lowest BCUT2D eigenvalue weighted by molar-refractivity contribution is 0.0946. The normalized spacial score (nSPS) is 11.1. The van der Waals surface area contributed by atoms with Gasteiger partial charge in [-0.05, 0) is 43.3 Å². The van der Waals surface area contributed by atoms with E-state index < -0.39 is 11.7 Å². The number of halogens is 1. The molecule has 164 valence electrons. The van der Waals surface area contributed by atoms with Gasteiger partial charge >= 0.3 is 0 Å². The van der Waals surface area contributed by atoms with Gasteiger partial charge in [0.05, 0.1) is 17.9 Å². The highest BCUT2D eigenvalue weighted by molar-refractivity contribution is 5.97. The lowest BCUT2D eigenvalue weighted by Crippen LogP contribution is -2.26. The van der Waals surface area contributed by atoms with Crippen LogP contribution in [-0.2, 0) is 6.54 Å². The topological polar surface area (TPSA) is 127 Å². The summed E-state index contributed by atoms with van der Waals surface area (Å²) in [4.78, 5) is 33.4. The SMILES string of the molecule is Cc1cnc2ccc(-c3nc(C(=O)NCc4ncccc4F)c(N)nc3-c3ccc[nH]3)cn12. The number of aryl methyl sites for hydroxylation is 1. The van der Waals surface area contributed by atoms with Gasteiger partial charge in [-0.25, -0.2) is 19.3 Å². The Labute approximate surface area is 187 Å². The van der Waals surface area contributed by atoms with Gasteiger partial charge in [0.25, 0.3) is 5.91 Å². The molecule has 0 spiro atoms. The molecule has 0 aliphatic heterocycles. The average Bonchev–Trinajstić information content (AvgIpc) is 3.48. The molecule has 10 heteroatoms. The summed E-state index contributed by atoms with van der Waals surface area (Å²) in [5, 5.41) is 2.62. The van der Waals surface area contributed by atoms with Crippen LogP contribution in [0.4, 0.5) is 10.2 Å². The van der Waals surface area contributed by atoms with E-state index in [4.69, 9.17) is 5.73 Å². The first-order valence-electron chi connectivity index (χ1n) is 10.1. The largest absolute Gasteiger partial charge is 0.382 e. The molecule has 5 rings (SSSR count). The van der Waals surface area contributed by atoms with Gasteiger partial charge in [-0.2, -0.15) is 0 Å². The van der Waals surface area contributed by atoms with Gasteiger partial charge in [-0.15, -0.1) is 0 Å². The number of hydrogen-bond acceptors (Lipinski definition) is 6. The zero-order valence-corrected chi connectivity index (χ0v) is 17.6. The number of aromatic nitrogens is 6. The lowest BCUT2D eigenvalue weighted by atomic mass is 10.1. The van der Waals surface area contributed by atoms with E-state index >= 15 is 0 Å². The standard InChI is InChI=1S/C23H19FN8O/c1-13-10-28-18-7-6-14(12-32(13)18)19-20(16-5-3-9-26-16)31-22(25)21(30-19)23(33)29-11-17-15(24)4-2-8-27-17/h2-10,12,26H,11H2,1H3,(H2,25,31)(H,29,33). The summed E-state index contributed by atoms with van der Waals surface area (Å²) in [5.41, 5.74) is 10.3. The van der Waals surface area contributed by atoms with Gasteiger partial charge in [0.2, 0.25) is 0 Å². The van der Waals surface area contributed by atoms with Crippen molar-refractivity contribution in [2.24, 2.45) is 0 Å². The number of nitrogens with one attached hydrogen (secondary N) is 2. The molecule has 0 bridgehead atoms. The van der Waals surface area contributed by atoms with Crippen molar-refractivity contribution in [1.29, 1.82) is 0 Å². The van der Waals surface area contributed by atoms with Crippen LogP contribution in [0.1, 0.15) is 21.9 Å². The summed E-state index contributed by atoms with van der Waals surface area (Å²) in [7, 11) is 0. The Morgan fingerprint density at radius 1 is 1.15 bits per heavy atom. The van der Waals surface area contributed by atoms with Crippen molar-refractivity contribution >= 4 is 17.4 Å². The first kappa shape index (κ1) is 20.3. The zero-order chi connectivity index (χ0) is 22.9. The number of anilines is 1. The van der Waals surface area contributed by atoms with Crippen LogP contribution in [0.3, 0.4) is 0 Å². The van der Waals surface area contributed by atoms with Crippen molar-refractivity contribution < 1.29 is 9.18 Å². The first-order valence-corrected chi connectivity index (χ1v) is 10.1. The Morgan fingerprint density at radius 2 is 2.03 bits per heavy atom. The molecule has 0 saturated carbocycles. The van der Waals surface area contributed by atoms with Crippen LogP contribution in [0.5, 0.6) is 0 Å². The molecule has 5 heterocycles. The molecule has 5 aromatic heterocycles. The van der Waals surface area contributed by atoms with Crippen molar-refractivity contribution in [3.63, 3.8) is 0 Å². The number of carbonyl (C=O) groups excluding carboxylic acids is 1. The molecule has 0 aromatic carbocycles. The summed E-state index contributed by atoms with van der Waals surface area (Å²) in [6.45, 7) is 1.83. The third-order valence-electron chi connectivity index (χ3n) is 5.21. The second-order valence-corrected chi connectivity index (χ2v) is 7.40. The van der Waals surface area contributed by atoms with Crippen molar-refractivity contribution in [1.82, 2.24) is 34.6 Å². The molecular formula is C23H19FN8O. The molecule has 0 aliphatic carbocycles. The van der Waals surface area contributed by atoms with Crippen LogP contribution in [0.15, 0.2) is 61.2 Å². The maximum absolute atomic E-state index is 13.9. The molecule has 0 saturated heterocycles. The third kappa shape index (κ3) is 3.78. The van der Waals surface area contributed by atoms with Crippen LogP contribution in [0.2, 0.25) is 0 Å². The number of hydrogen-bond donors (Lipinski definition) is 3. The third-order valence-corrected chi connectivity index (χ3v) is 5.21. The number of nitrogen functional groups attached to an aromatic ring is 1. The fourth-order valence-electron chi connectivity index (χ4n) is 3.52. The summed E-state index contributed by atoms with van der Waals surface area (Å²) in [6, 6.07) is 10.2. The second kappa shape index (κ2) is 8.15. The minimum atomic E-state index is -0.579. The number of imidazole rings is 1. The smallest absolute Gasteiger partial charge is 0.274 e. The van der Waals surface area contributed by atoms with E-state index in [-0.39, 0.29) is 23.8 Å². The van der Waals surface area contributed by atoms with Crippen LogP contribution in [0, 0.1) is 12.7 Å². The molecule has 0 fully saturated rings. The summed E-state index contributed by atoms with van der Waals surface area (Å²) in [6.07, 6.45) is 6.88. The van der Waals surface area contributed by atoms with Gasteiger partial charge in [0, 0.05) is 36.0 Å². The Kier molecular flexibility index (Phi) is 5.02. The van der Waals surface area contributed by atoms with Gasteiger partial charge in [0.15, 0.2) is 11.5 Å². The number of fused-ring (bicyclic) bond motifs is 1. The predicted molar refractivity (Wildman–Crippen MR) is 121 cm³/mol. The number of carbonyl (C=O) groups is 1. The van der Waals surface area contributed by atoms with E-state index in [1.54, 1.807) is 12.4 Å². The summed E-state index contributed by atoms with van der Waals surface area (Å²) in [5.74, 6) is -1.13. The maximum atomic E-state index is 13.9. The van der Waals surface area contributed by atoms with Crippen LogP contribution >= 0.6 is 0 Å². The summed E-state index contributed by atoms with van der Waals surface area (Å²) >= 11 is 0. The maximum Gasteiger partial charge on any atom is 0.274 e.